The van der Waals surface area contributed by atoms with Crippen molar-refractivity contribution in [1.29, 1.82) is 0 Å². The maximum absolute atomic E-state index is 11.3. The van der Waals surface area contributed by atoms with E-state index in [1.807, 2.05) is 20.8 Å². The number of nitrogens with one attached hydrogen (secondary N) is 1. The fourth-order valence-electron chi connectivity index (χ4n) is 1.44. The molecule has 0 bridgehead atoms. The predicted octanol–water partition coefficient (Wildman–Crippen LogP) is 1.28. The Hall–Kier alpha value is -0.770. The van der Waals surface area contributed by atoms with Gasteiger partial charge in [-0.2, -0.15) is 0 Å². The van der Waals surface area contributed by atoms with Crippen molar-refractivity contribution in [1.82, 2.24) is 5.32 Å². The molecule has 2 N–H and O–H groups in total. The van der Waals surface area contributed by atoms with Crippen LogP contribution in [0.4, 0.5) is 4.79 Å². The Bertz CT molecular complexity index is 208. The summed E-state index contributed by atoms with van der Waals surface area (Å²) in [4.78, 5) is 11.3. The number of hydrogen-bond acceptors (Lipinski definition) is 3. The minimum Gasteiger partial charge on any atom is -0.444 e. The van der Waals surface area contributed by atoms with Crippen LogP contribution in [-0.2, 0) is 4.74 Å². The molecule has 1 fully saturated rings. The van der Waals surface area contributed by atoms with Gasteiger partial charge >= 0.3 is 6.09 Å². The van der Waals surface area contributed by atoms with Crippen LogP contribution in [-0.4, -0.2) is 29.4 Å². The quantitative estimate of drug-likeness (QED) is 0.707. The first-order valence-corrected chi connectivity index (χ1v) is 5.03. The summed E-state index contributed by atoms with van der Waals surface area (Å²) < 4.78 is 5.11. The summed E-state index contributed by atoms with van der Waals surface area (Å²) >= 11 is 0. The second-order valence-electron chi connectivity index (χ2n) is 4.77. The van der Waals surface area contributed by atoms with Crippen LogP contribution < -0.4 is 5.32 Å². The lowest BCUT2D eigenvalue weighted by Gasteiger charge is -2.36. The fourth-order valence-corrected chi connectivity index (χ4v) is 1.44. The van der Waals surface area contributed by atoms with E-state index in [1.165, 1.54) is 0 Å². The van der Waals surface area contributed by atoms with E-state index in [0.717, 1.165) is 12.8 Å². The van der Waals surface area contributed by atoms with Crippen LogP contribution >= 0.6 is 0 Å². The van der Waals surface area contributed by atoms with Gasteiger partial charge in [-0.05, 0) is 33.6 Å². The highest BCUT2D eigenvalue weighted by atomic mass is 16.6. The largest absolute Gasteiger partial charge is 0.444 e. The van der Waals surface area contributed by atoms with E-state index >= 15 is 0 Å². The molecule has 1 aliphatic rings. The van der Waals surface area contributed by atoms with Crippen molar-refractivity contribution in [3.8, 4) is 0 Å². The maximum atomic E-state index is 11.3. The van der Waals surface area contributed by atoms with Crippen LogP contribution in [0.25, 0.3) is 0 Å². The average molecular weight is 201 g/mol. The Labute approximate surface area is 84.6 Å². The first kappa shape index (κ1) is 11.3. The van der Waals surface area contributed by atoms with E-state index in [9.17, 15) is 4.79 Å². The SMILES string of the molecule is CC(C)(C)OC(=O)N[C@@H]1CC[C@H]1CO. The highest BCUT2D eigenvalue weighted by Crippen LogP contribution is 2.26. The molecule has 0 spiro atoms. The smallest absolute Gasteiger partial charge is 0.407 e. The van der Waals surface area contributed by atoms with E-state index in [2.05, 4.69) is 5.32 Å². The van der Waals surface area contributed by atoms with Gasteiger partial charge in [-0.15, -0.1) is 0 Å². The van der Waals surface area contributed by atoms with Gasteiger partial charge in [-0.3, -0.25) is 0 Å². The number of aliphatic hydroxyl groups excluding tert-OH is 1. The van der Waals surface area contributed by atoms with Crippen molar-refractivity contribution >= 4 is 6.09 Å². The lowest BCUT2D eigenvalue weighted by Crippen LogP contribution is -2.49. The molecule has 0 radical (unpaired) electrons. The van der Waals surface area contributed by atoms with Crippen molar-refractivity contribution in [2.24, 2.45) is 5.92 Å². The minimum atomic E-state index is -0.456. The Morgan fingerprint density at radius 2 is 2.14 bits per heavy atom. The molecule has 0 aromatic carbocycles. The first-order valence-electron chi connectivity index (χ1n) is 5.03. The summed E-state index contributed by atoms with van der Waals surface area (Å²) in [5.41, 5.74) is -0.456. The number of alkyl carbamates (subject to hydrolysis) is 1. The molecule has 1 saturated carbocycles. The third-order valence-electron chi connectivity index (χ3n) is 2.35. The molecular formula is C10H19NO3. The Morgan fingerprint density at radius 1 is 1.50 bits per heavy atom. The lowest BCUT2D eigenvalue weighted by molar-refractivity contribution is 0.0389. The molecule has 0 aliphatic heterocycles. The zero-order valence-electron chi connectivity index (χ0n) is 9.04. The monoisotopic (exact) mass is 201 g/mol. The number of carbonyl (C=O) groups excluding carboxylic acids is 1. The summed E-state index contributed by atoms with van der Waals surface area (Å²) in [6.45, 7) is 5.63. The molecule has 4 nitrogen and oxygen atoms in total. The van der Waals surface area contributed by atoms with Gasteiger partial charge in [0, 0.05) is 18.6 Å². The number of carbonyl (C=O) groups is 1. The lowest BCUT2D eigenvalue weighted by atomic mass is 9.80. The van der Waals surface area contributed by atoms with E-state index in [4.69, 9.17) is 9.84 Å². The van der Waals surface area contributed by atoms with E-state index < -0.39 is 5.60 Å². The van der Waals surface area contributed by atoms with Crippen LogP contribution in [0.15, 0.2) is 0 Å². The van der Waals surface area contributed by atoms with Gasteiger partial charge in [0.15, 0.2) is 0 Å². The Balaban J connectivity index is 2.27. The Kier molecular flexibility index (Phi) is 3.37. The van der Waals surface area contributed by atoms with Gasteiger partial charge in [-0.1, -0.05) is 0 Å². The van der Waals surface area contributed by atoms with Crippen molar-refractivity contribution in [3.05, 3.63) is 0 Å². The van der Waals surface area contributed by atoms with Crippen LogP contribution in [0.3, 0.4) is 0 Å². The zero-order valence-corrected chi connectivity index (χ0v) is 9.04. The van der Waals surface area contributed by atoms with Gasteiger partial charge in [0.25, 0.3) is 0 Å². The van der Waals surface area contributed by atoms with E-state index in [0.29, 0.717) is 0 Å². The molecule has 0 unspecified atom stereocenters. The molecule has 82 valence electrons. The highest BCUT2D eigenvalue weighted by Gasteiger charge is 2.32. The number of aliphatic hydroxyl groups is 1. The van der Waals surface area contributed by atoms with Gasteiger partial charge in [0.05, 0.1) is 0 Å². The second-order valence-corrected chi connectivity index (χ2v) is 4.77. The van der Waals surface area contributed by atoms with Crippen molar-refractivity contribution < 1.29 is 14.6 Å². The molecule has 0 aromatic heterocycles. The van der Waals surface area contributed by atoms with Crippen LogP contribution in [0, 0.1) is 5.92 Å². The molecule has 1 amide bonds. The van der Waals surface area contributed by atoms with Gasteiger partial charge in [0.2, 0.25) is 0 Å². The number of rotatable bonds is 2. The van der Waals surface area contributed by atoms with Crippen molar-refractivity contribution in [3.63, 3.8) is 0 Å². The molecule has 0 saturated heterocycles. The van der Waals surface area contributed by atoms with Crippen LogP contribution in [0.1, 0.15) is 33.6 Å². The number of hydrogen-bond donors (Lipinski definition) is 2. The summed E-state index contributed by atoms with van der Waals surface area (Å²) in [7, 11) is 0. The third-order valence-corrected chi connectivity index (χ3v) is 2.35. The maximum Gasteiger partial charge on any atom is 0.407 e. The standard InChI is InChI=1S/C10H19NO3/c1-10(2,3)14-9(13)11-8-5-4-7(8)6-12/h7-8,12H,4-6H2,1-3H3,(H,11,13)/t7-,8+/m0/s1. The molecule has 1 rings (SSSR count). The fraction of sp³-hybridized carbons (Fsp3) is 0.900. The van der Waals surface area contributed by atoms with Crippen LogP contribution in [0.5, 0.6) is 0 Å². The topological polar surface area (TPSA) is 58.6 Å². The van der Waals surface area contributed by atoms with Gasteiger partial charge in [0.1, 0.15) is 5.60 Å². The molecule has 14 heavy (non-hydrogen) atoms. The predicted molar refractivity (Wildman–Crippen MR) is 53.0 cm³/mol. The molecule has 1 aliphatic carbocycles. The van der Waals surface area contributed by atoms with E-state index in [-0.39, 0.29) is 24.7 Å². The second kappa shape index (κ2) is 4.17. The zero-order chi connectivity index (χ0) is 10.8. The molecule has 0 aromatic rings. The van der Waals surface area contributed by atoms with Crippen molar-refractivity contribution in [2.45, 2.75) is 45.3 Å². The minimum absolute atomic E-state index is 0.0925. The summed E-state index contributed by atoms with van der Waals surface area (Å²) in [6.07, 6.45) is 1.53. The highest BCUT2D eigenvalue weighted by molar-refractivity contribution is 5.68. The summed E-state index contributed by atoms with van der Waals surface area (Å²) in [5.74, 6) is 0.211. The normalized spacial score (nSPS) is 26.6. The summed E-state index contributed by atoms with van der Waals surface area (Å²) in [5, 5.41) is 11.7. The average Bonchev–Trinajstić information content (AvgIpc) is 1.96. The molecule has 0 heterocycles. The van der Waals surface area contributed by atoms with Gasteiger partial charge < -0.3 is 15.2 Å². The van der Waals surface area contributed by atoms with Crippen molar-refractivity contribution in [2.75, 3.05) is 6.61 Å². The summed E-state index contributed by atoms with van der Waals surface area (Å²) in [6, 6.07) is 0.0925. The third kappa shape index (κ3) is 3.18. The molecular weight excluding hydrogens is 182 g/mol. The van der Waals surface area contributed by atoms with Gasteiger partial charge in [-0.25, -0.2) is 4.79 Å². The van der Waals surface area contributed by atoms with Crippen LogP contribution in [0.2, 0.25) is 0 Å². The Morgan fingerprint density at radius 3 is 2.50 bits per heavy atom. The molecule has 4 heteroatoms. The number of amides is 1. The van der Waals surface area contributed by atoms with E-state index in [1.54, 1.807) is 0 Å². The molecule has 2 atom stereocenters. The first-order chi connectivity index (χ1) is 6.42. The number of ether oxygens (including phenoxy) is 1.